The van der Waals surface area contributed by atoms with Crippen molar-refractivity contribution < 1.29 is 24.2 Å². The summed E-state index contributed by atoms with van der Waals surface area (Å²) in [7, 11) is 3.06. The van der Waals surface area contributed by atoms with Crippen LogP contribution in [0.3, 0.4) is 0 Å². The first-order chi connectivity index (χ1) is 9.99. The summed E-state index contributed by atoms with van der Waals surface area (Å²) in [6, 6.07) is 4.38. The van der Waals surface area contributed by atoms with E-state index >= 15 is 0 Å². The predicted molar refractivity (Wildman–Crippen MR) is 76.1 cm³/mol. The van der Waals surface area contributed by atoms with E-state index in [9.17, 15) is 14.7 Å². The molecular formula is C14H16NO5S-. The lowest BCUT2D eigenvalue weighted by Crippen LogP contribution is -2.48. The molecule has 0 N–H and O–H groups in total. The van der Waals surface area contributed by atoms with Crippen LogP contribution in [0.2, 0.25) is 0 Å². The molecule has 1 heterocycles. The van der Waals surface area contributed by atoms with E-state index in [-0.39, 0.29) is 11.3 Å². The summed E-state index contributed by atoms with van der Waals surface area (Å²) in [5, 5.41) is 10.8. The van der Waals surface area contributed by atoms with Crippen LogP contribution >= 0.6 is 11.8 Å². The van der Waals surface area contributed by atoms with E-state index in [0.29, 0.717) is 17.3 Å². The van der Waals surface area contributed by atoms with Crippen molar-refractivity contribution in [2.45, 2.75) is 18.3 Å². The van der Waals surface area contributed by atoms with E-state index < -0.39 is 12.0 Å². The second-order valence-corrected chi connectivity index (χ2v) is 5.67. The molecule has 1 aromatic rings. The fourth-order valence-electron chi connectivity index (χ4n) is 2.34. The Hall–Kier alpha value is -1.89. The summed E-state index contributed by atoms with van der Waals surface area (Å²) < 4.78 is 10.4. The molecule has 0 aromatic heterocycles. The van der Waals surface area contributed by atoms with Gasteiger partial charge < -0.3 is 24.3 Å². The summed E-state index contributed by atoms with van der Waals surface area (Å²) in [5.74, 6) is -0.110. The summed E-state index contributed by atoms with van der Waals surface area (Å²) >= 11 is 1.39. The number of benzene rings is 1. The zero-order chi connectivity index (χ0) is 15.6. The molecule has 1 saturated heterocycles. The number of carbonyl (C=O) groups excluding carboxylic acids is 2. The summed E-state index contributed by atoms with van der Waals surface area (Å²) in [5.41, 5.74) is 0.789. The van der Waals surface area contributed by atoms with Crippen molar-refractivity contribution in [2.75, 3.05) is 20.0 Å². The van der Waals surface area contributed by atoms with Crippen molar-refractivity contribution in [3.63, 3.8) is 0 Å². The molecule has 114 valence electrons. The molecular weight excluding hydrogens is 294 g/mol. The lowest BCUT2D eigenvalue weighted by atomic mass is 10.1. The Labute approximate surface area is 127 Å². The molecule has 0 saturated carbocycles. The van der Waals surface area contributed by atoms with Gasteiger partial charge in [-0.25, -0.2) is 0 Å². The average molecular weight is 310 g/mol. The number of methoxy groups -OCH3 is 2. The minimum absolute atomic E-state index is 0.297. The topological polar surface area (TPSA) is 78.9 Å². The molecule has 2 rings (SSSR count). The Kier molecular flexibility index (Phi) is 4.62. The molecule has 0 spiro atoms. The fourth-order valence-corrected chi connectivity index (χ4v) is 3.79. The lowest BCUT2D eigenvalue weighted by Gasteiger charge is -2.29. The molecule has 1 aromatic carbocycles. The highest BCUT2D eigenvalue weighted by molar-refractivity contribution is 7.99. The second kappa shape index (κ2) is 6.26. The number of ether oxygens (including phenoxy) is 2. The average Bonchev–Trinajstić information content (AvgIpc) is 2.91. The van der Waals surface area contributed by atoms with Crippen molar-refractivity contribution >= 4 is 23.6 Å². The molecule has 0 aliphatic carbocycles. The molecule has 6 nitrogen and oxygen atoms in total. The Morgan fingerprint density at radius 2 is 1.95 bits per heavy atom. The third-order valence-corrected chi connectivity index (χ3v) is 4.65. The number of hydrogen-bond acceptors (Lipinski definition) is 6. The SMILES string of the molecule is COc1ccc([C@@H]2SC[C@@H](C(=O)[O-])N2C(C)=O)cc1OC. The Bertz CT molecular complexity index is 562. The highest BCUT2D eigenvalue weighted by Gasteiger charge is 2.37. The van der Waals surface area contributed by atoms with Crippen LogP contribution in [-0.2, 0) is 9.59 Å². The van der Waals surface area contributed by atoms with Gasteiger partial charge in [-0.15, -0.1) is 11.8 Å². The minimum atomic E-state index is -1.24. The first-order valence-electron chi connectivity index (χ1n) is 6.33. The maximum absolute atomic E-state index is 11.8. The van der Waals surface area contributed by atoms with E-state index in [1.165, 1.54) is 37.8 Å². The monoisotopic (exact) mass is 310 g/mol. The molecule has 7 heteroatoms. The summed E-state index contributed by atoms with van der Waals surface area (Å²) in [4.78, 5) is 24.3. The van der Waals surface area contributed by atoms with E-state index in [0.717, 1.165) is 5.56 Å². The van der Waals surface area contributed by atoms with E-state index in [2.05, 4.69) is 0 Å². The van der Waals surface area contributed by atoms with Gasteiger partial charge in [0.25, 0.3) is 0 Å². The van der Waals surface area contributed by atoms with Gasteiger partial charge in [0.2, 0.25) is 5.91 Å². The highest BCUT2D eigenvalue weighted by Crippen LogP contribution is 2.43. The van der Waals surface area contributed by atoms with Crippen molar-refractivity contribution in [2.24, 2.45) is 0 Å². The number of rotatable bonds is 4. The Balaban J connectivity index is 2.36. The Morgan fingerprint density at radius 1 is 1.29 bits per heavy atom. The zero-order valence-corrected chi connectivity index (χ0v) is 12.8. The molecule has 2 atom stereocenters. The maximum Gasteiger partial charge on any atom is 0.221 e. The molecule has 0 unspecified atom stereocenters. The van der Waals surface area contributed by atoms with Gasteiger partial charge in [-0.05, 0) is 17.7 Å². The highest BCUT2D eigenvalue weighted by atomic mass is 32.2. The third-order valence-electron chi connectivity index (χ3n) is 3.33. The van der Waals surface area contributed by atoms with Crippen LogP contribution in [0.1, 0.15) is 17.9 Å². The van der Waals surface area contributed by atoms with Gasteiger partial charge in [0.05, 0.1) is 26.2 Å². The van der Waals surface area contributed by atoms with Crippen LogP contribution in [0.25, 0.3) is 0 Å². The number of thioether (sulfide) groups is 1. The molecule has 0 radical (unpaired) electrons. The summed E-state index contributed by atoms with van der Waals surface area (Å²) in [6.45, 7) is 1.36. The quantitative estimate of drug-likeness (QED) is 0.802. The molecule has 1 fully saturated rings. The molecule has 1 aliphatic heterocycles. The first kappa shape index (κ1) is 15.5. The first-order valence-corrected chi connectivity index (χ1v) is 7.37. The van der Waals surface area contributed by atoms with Gasteiger partial charge in [0, 0.05) is 12.7 Å². The van der Waals surface area contributed by atoms with Gasteiger partial charge in [-0.2, -0.15) is 0 Å². The number of carboxylic acids is 1. The van der Waals surface area contributed by atoms with Crippen LogP contribution in [0, 0.1) is 0 Å². The predicted octanol–water partition coefficient (Wildman–Crippen LogP) is 0.416. The van der Waals surface area contributed by atoms with Gasteiger partial charge in [0.1, 0.15) is 5.37 Å². The third kappa shape index (κ3) is 2.92. The number of aliphatic carboxylic acids is 1. The lowest BCUT2D eigenvalue weighted by molar-refractivity contribution is -0.310. The number of amides is 1. The number of carbonyl (C=O) groups is 2. The van der Waals surface area contributed by atoms with Crippen molar-refractivity contribution in [3.05, 3.63) is 23.8 Å². The standard InChI is InChI=1S/C14H17NO5S/c1-8(16)15-10(14(17)18)7-21-13(15)9-4-5-11(19-2)12(6-9)20-3/h4-6,10,13H,7H2,1-3H3,(H,17,18)/p-1/t10-,13-/m0/s1. The fraction of sp³-hybridized carbons (Fsp3) is 0.429. The van der Waals surface area contributed by atoms with E-state index in [1.807, 2.05) is 0 Å². The largest absolute Gasteiger partial charge is 0.548 e. The van der Waals surface area contributed by atoms with Crippen LogP contribution in [-0.4, -0.2) is 42.8 Å². The van der Waals surface area contributed by atoms with Gasteiger partial charge in [-0.3, -0.25) is 4.79 Å². The molecule has 1 aliphatic rings. The Morgan fingerprint density at radius 3 is 2.48 bits per heavy atom. The molecule has 21 heavy (non-hydrogen) atoms. The number of hydrogen-bond donors (Lipinski definition) is 0. The van der Waals surface area contributed by atoms with E-state index in [1.54, 1.807) is 18.2 Å². The summed E-state index contributed by atoms with van der Waals surface area (Å²) in [6.07, 6.45) is 0. The van der Waals surface area contributed by atoms with Crippen molar-refractivity contribution in [3.8, 4) is 11.5 Å². The maximum atomic E-state index is 11.8. The van der Waals surface area contributed by atoms with E-state index in [4.69, 9.17) is 9.47 Å². The minimum Gasteiger partial charge on any atom is -0.548 e. The van der Waals surface area contributed by atoms with Crippen LogP contribution in [0.15, 0.2) is 18.2 Å². The van der Waals surface area contributed by atoms with Gasteiger partial charge >= 0.3 is 0 Å². The van der Waals surface area contributed by atoms with Crippen molar-refractivity contribution in [1.29, 1.82) is 0 Å². The van der Waals surface area contributed by atoms with Gasteiger partial charge in [-0.1, -0.05) is 6.07 Å². The normalized spacial score (nSPS) is 21.2. The van der Waals surface area contributed by atoms with Crippen LogP contribution in [0.4, 0.5) is 0 Å². The van der Waals surface area contributed by atoms with Crippen LogP contribution < -0.4 is 14.6 Å². The number of nitrogens with zero attached hydrogens (tertiary/aromatic N) is 1. The number of carboxylic acid groups (broad SMARTS) is 1. The van der Waals surface area contributed by atoms with Crippen LogP contribution in [0.5, 0.6) is 11.5 Å². The smallest absolute Gasteiger partial charge is 0.221 e. The van der Waals surface area contributed by atoms with Gasteiger partial charge in [0.15, 0.2) is 11.5 Å². The second-order valence-electron chi connectivity index (χ2n) is 4.56. The van der Waals surface area contributed by atoms with Crippen molar-refractivity contribution in [1.82, 2.24) is 4.90 Å². The molecule has 0 bridgehead atoms. The molecule has 1 amide bonds. The zero-order valence-electron chi connectivity index (χ0n) is 12.0.